The van der Waals surface area contributed by atoms with E-state index < -0.39 is 11.6 Å². The highest BCUT2D eigenvalue weighted by Gasteiger charge is 2.56. The van der Waals surface area contributed by atoms with E-state index in [0.717, 1.165) is 5.56 Å². The van der Waals surface area contributed by atoms with Crippen LogP contribution in [0.5, 0.6) is 0 Å². The van der Waals surface area contributed by atoms with Crippen molar-refractivity contribution >= 4 is 29.4 Å². The van der Waals surface area contributed by atoms with Crippen molar-refractivity contribution in [3.8, 4) is 0 Å². The fourth-order valence-electron chi connectivity index (χ4n) is 4.49. The molecule has 0 radical (unpaired) electrons. The van der Waals surface area contributed by atoms with Crippen LogP contribution in [-0.4, -0.2) is 66.5 Å². The summed E-state index contributed by atoms with van der Waals surface area (Å²) in [7, 11) is 1.54. The highest BCUT2D eigenvalue weighted by molar-refractivity contribution is 6.31. The molecule has 0 saturated carbocycles. The topological polar surface area (TPSA) is 79.0 Å². The molecule has 2 saturated heterocycles. The Morgan fingerprint density at radius 1 is 1.28 bits per heavy atom. The maximum Gasteiger partial charge on any atom is 0.325 e. The minimum absolute atomic E-state index is 0.0131. The van der Waals surface area contributed by atoms with Gasteiger partial charge in [-0.25, -0.2) is 4.79 Å². The lowest BCUT2D eigenvalue weighted by Gasteiger charge is -2.41. The number of hydrogen-bond acceptors (Lipinski definition) is 4. The number of benzene rings is 1. The Kier molecular flexibility index (Phi) is 7.96. The molecule has 1 aromatic rings. The highest BCUT2D eigenvalue weighted by atomic mass is 35.5. The van der Waals surface area contributed by atoms with E-state index in [0.29, 0.717) is 43.3 Å². The number of urea groups is 1. The van der Waals surface area contributed by atoms with Gasteiger partial charge in [0.2, 0.25) is 5.91 Å². The highest BCUT2D eigenvalue weighted by Crippen LogP contribution is 2.37. The van der Waals surface area contributed by atoms with E-state index in [1.54, 1.807) is 12.1 Å². The summed E-state index contributed by atoms with van der Waals surface area (Å²) in [6, 6.07) is 6.99. The molecular weight excluding hydrogens is 430 g/mol. The largest absolute Gasteiger partial charge is 0.383 e. The van der Waals surface area contributed by atoms with Gasteiger partial charge in [-0.3, -0.25) is 14.5 Å². The number of carbonyl (C=O) groups excluding carboxylic acids is 3. The smallest absolute Gasteiger partial charge is 0.325 e. The van der Waals surface area contributed by atoms with Gasteiger partial charge in [0.05, 0.1) is 13.2 Å². The maximum atomic E-state index is 13.6. The number of nitrogens with one attached hydrogen (secondary N) is 1. The van der Waals surface area contributed by atoms with Crippen LogP contribution in [0, 0.1) is 11.8 Å². The first-order chi connectivity index (χ1) is 15.3. The molecule has 0 aliphatic carbocycles. The van der Waals surface area contributed by atoms with E-state index in [2.05, 4.69) is 5.32 Å². The second-order valence-electron chi connectivity index (χ2n) is 8.82. The minimum Gasteiger partial charge on any atom is -0.383 e. The SMILES string of the molecule is COCCN1C(=O)N[C@](Cc2ccccc2Cl)(C2CCN(C(=O)/C=C/C(C)C)CC2)C1=O. The minimum atomic E-state index is -1.08. The van der Waals surface area contributed by atoms with Crippen molar-refractivity contribution in [1.29, 1.82) is 0 Å². The number of piperidine rings is 1. The van der Waals surface area contributed by atoms with Crippen molar-refractivity contribution in [2.24, 2.45) is 11.8 Å². The lowest BCUT2D eigenvalue weighted by Crippen LogP contribution is -2.58. The molecule has 174 valence electrons. The van der Waals surface area contributed by atoms with E-state index in [-0.39, 0.29) is 30.9 Å². The van der Waals surface area contributed by atoms with E-state index in [1.807, 2.05) is 43.0 Å². The van der Waals surface area contributed by atoms with Crippen LogP contribution in [0.1, 0.15) is 32.3 Å². The zero-order valence-electron chi connectivity index (χ0n) is 19.0. The lowest BCUT2D eigenvalue weighted by molar-refractivity contribution is -0.135. The summed E-state index contributed by atoms with van der Waals surface area (Å²) in [5.41, 5.74) is -0.270. The Bertz CT molecular complexity index is 880. The molecule has 0 bridgehead atoms. The summed E-state index contributed by atoms with van der Waals surface area (Å²) in [6.07, 6.45) is 5.07. The van der Waals surface area contributed by atoms with Crippen LogP contribution >= 0.6 is 11.6 Å². The lowest BCUT2D eigenvalue weighted by atomic mass is 9.74. The Morgan fingerprint density at radius 2 is 1.97 bits per heavy atom. The number of hydrogen-bond donors (Lipinski definition) is 1. The van der Waals surface area contributed by atoms with Crippen molar-refractivity contribution in [1.82, 2.24) is 15.1 Å². The molecule has 1 N–H and O–H groups in total. The quantitative estimate of drug-likeness (QED) is 0.476. The van der Waals surface area contributed by atoms with Gasteiger partial charge in [-0.05, 0) is 42.4 Å². The van der Waals surface area contributed by atoms with E-state index in [1.165, 1.54) is 12.0 Å². The third-order valence-corrected chi connectivity index (χ3v) is 6.64. The van der Waals surface area contributed by atoms with Gasteiger partial charge in [0.1, 0.15) is 5.54 Å². The van der Waals surface area contributed by atoms with Crippen molar-refractivity contribution < 1.29 is 19.1 Å². The summed E-state index contributed by atoms with van der Waals surface area (Å²) in [5, 5.41) is 3.58. The predicted molar refractivity (Wildman–Crippen MR) is 123 cm³/mol. The number of rotatable bonds is 8. The van der Waals surface area contributed by atoms with Gasteiger partial charge < -0.3 is 15.0 Å². The molecule has 2 aliphatic heterocycles. The predicted octanol–water partition coefficient (Wildman–Crippen LogP) is 3.27. The van der Waals surface area contributed by atoms with Crippen molar-refractivity contribution in [2.75, 3.05) is 33.4 Å². The monoisotopic (exact) mass is 461 g/mol. The normalized spacial score (nSPS) is 22.3. The zero-order chi connectivity index (χ0) is 23.3. The van der Waals surface area contributed by atoms with E-state index in [4.69, 9.17) is 16.3 Å². The molecule has 4 amide bonds. The number of carbonyl (C=O) groups is 3. The summed E-state index contributed by atoms with van der Waals surface area (Å²) in [6.45, 7) is 5.60. The molecule has 7 nitrogen and oxygen atoms in total. The molecule has 32 heavy (non-hydrogen) atoms. The molecule has 2 aliphatic rings. The molecule has 0 spiro atoms. The van der Waals surface area contributed by atoms with Crippen LogP contribution in [0.3, 0.4) is 0 Å². The second kappa shape index (κ2) is 10.5. The number of halogens is 1. The van der Waals surface area contributed by atoms with Gasteiger partial charge in [0.15, 0.2) is 0 Å². The Morgan fingerprint density at radius 3 is 2.59 bits per heavy atom. The molecule has 1 atom stereocenters. The molecule has 2 fully saturated rings. The first kappa shape index (κ1) is 24.3. The number of imide groups is 1. The third kappa shape index (κ3) is 5.15. The summed E-state index contributed by atoms with van der Waals surface area (Å²) < 4.78 is 5.09. The average Bonchev–Trinajstić information content (AvgIpc) is 3.02. The van der Waals surface area contributed by atoms with Crippen LogP contribution in [0.4, 0.5) is 4.79 Å². The zero-order valence-corrected chi connectivity index (χ0v) is 19.7. The molecule has 0 aromatic heterocycles. The fourth-order valence-corrected chi connectivity index (χ4v) is 4.69. The van der Waals surface area contributed by atoms with Crippen molar-refractivity contribution in [3.63, 3.8) is 0 Å². The second-order valence-corrected chi connectivity index (χ2v) is 9.23. The van der Waals surface area contributed by atoms with Gasteiger partial charge >= 0.3 is 6.03 Å². The van der Waals surface area contributed by atoms with Crippen LogP contribution in [0.2, 0.25) is 5.02 Å². The van der Waals surface area contributed by atoms with E-state index in [9.17, 15) is 14.4 Å². The molecular formula is C24H32ClN3O4. The first-order valence-corrected chi connectivity index (χ1v) is 11.5. The summed E-state index contributed by atoms with van der Waals surface area (Å²) >= 11 is 6.41. The molecule has 0 unspecified atom stereocenters. The van der Waals surface area contributed by atoms with Crippen LogP contribution in [-0.2, 0) is 20.7 Å². The first-order valence-electron chi connectivity index (χ1n) is 11.1. The molecule has 2 heterocycles. The number of likely N-dealkylation sites (tertiary alicyclic amines) is 1. The van der Waals surface area contributed by atoms with Gasteiger partial charge in [-0.2, -0.15) is 0 Å². The fraction of sp³-hybridized carbons (Fsp3) is 0.542. The van der Waals surface area contributed by atoms with Gasteiger partial charge in [0.25, 0.3) is 5.91 Å². The van der Waals surface area contributed by atoms with Gasteiger partial charge in [0, 0.05) is 31.6 Å². The van der Waals surface area contributed by atoms with E-state index >= 15 is 0 Å². The Balaban J connectivity index is 1.83. The number of allylic oxidation sites excluding steroid dienone is 1. The standard InChI is InChI=1S/C24H32ClN3O4/c1-17(2)8-9-21(29)27-12-10-19(11-13-27)24(16-18-6-4-5-7-20(18)25)22(30)28(14-15-32-3)23(31)26-24/h4-9,17,19H,10-16H2,1-3H3,(H,26,31)/b9-8+/t24-/m1/s1. The maximum absolute atomic E-state index is 13.6. The summed E-state index contributed by atoms with van der Waals surface area (Å²) in [5.74, 6) is -0.0644. The number of nitrogens with zero attached hydrogens (tertiary/aromatic N) is 2. The van der Waals surface area contributed by atoms with Crippen molar-refractivity contribution in [3.05, 3.63) is 47.0 Å². The number of amides is 4. The van der Waals surface area contributed by atoms with Crippen LogP contribution < -0.4 is 5.32 Å². The number of methoxy groups -OCH3 is 1. The Hall–Kier alpha value is -2.38. The van der Waals surface area contributed by atoms with Crippen LogP contribution in [0.15, 0.2) is 36.4 Å². The van der Waals surface area contributed by atoms with Crippen molar-refractivity contribution in [2.45, 2.75) is 38.6 Å². The number of ether oxygens (including phenoxy) is 1. The average molecular weight is 462 g/mol. The van der Waals surface area contributed by atoms with Gasteiger partial charge in [-0.1, -0.05) is 49.7 Å². The third-order valence-electron chi connectivity index (χ3n) is 6.28. The van der Waals surface area contributed by atoms with Gasteiger partial charge in [-0.15, -0.1) is 0 Å². The molecule has 1 aromatic carbocycles. The van der Waals surface area contributed by atoms with Crippen LogP contribution in [0.25, 0.3) is 0 Å². The molecule has 3 rings (SSSR count). The molecule has 8 heteroatoms. The Labute approximate surface area is 194 Å². The summed E-state index contributed by atoms with van der Waals surface area (Å²) in [4.78, 5) is 41.9.